The lowest BCUT2D eigenvalue weighted by atomic mass is 10.2. The topological polar surface area (TPSA) is 154 Å². The maximum absolute atomic E-state index is 13.1. The van der Waals surface area contributed by atoms with Crippen molar-refractivity contribution in [3.8, 4) is 5.75 Å². The molecule has 1 saturated heterocycles. The van der Waals surface area contributed by atoms with Gasteiger partial charge in [0.1, 0.15) is 23.1 Å². The molecule has 0 aliphatic carbocycles. The van der Waals surface area contributed by atoms with Crippen molar-refractivity contribution in [2.45, 2.75) is 11.0 Å². The zero-order chi connectivity index (χ0) is 27.7. The second kappa shape index (κ2) is 10.6. The van der Waals surface area contributed by atoms with Crippen LogP contribution < -0.4 is 20.1 Å². The number of aromatic nitrogens is 3. The lowest BCUT2D eigenvalue weighted by molar-refractivity contribution is 0.101. The van der Waals surface area contributed by atoms with Gasteiger partial charge < -0.3 is 24.7 Å². The predicted molar refractivity (Wildman–Crippen MR) is 144 cm³/mol. The van der Waals surface area contributed by atoms with Gasteiger partial charge in [-0.25, -0.2) is 18.2 Å². The van der Waals surface area contributed by atoms with Crippen molar-refractivity contribution < 1.29 is 27.5 Å². The largest absolute Gasteiger partial charge is 0.488 e. The number of ether oxygens (including phenoxy) is 2. The monoisotopic (exact) mass is 590 g/mol. The number of aryl methyl sites for hydroxylation is 1. The van der Waals surface area contributed by atoms with Gasteiger partial charge in [0.25, 0.3) is 15.9 Å². The van der Waals surface area contributed by atoms with Gasteiger partial charge >= 0.3 is 6.09 Å². The fourth-order valence-electron chi connectivity index (χ4n) is 3.87. The Kier molecular flexibility index (Phi) is 7.21. The number of hydrogen-bond donors (Lipinski definition) is 3. The summed E-state index contributed by atoms with van der Waals surface area (Å²) in [7, 11) is -2.21. The number of nitrogens with one attached hydrogen (secondary N) is 3. The van der Waals surface area contributed by atoms with Gasteiger partial charge in [-0.2, -0.15) is 0 Å². The number of carbonyl (C=O) groups is 2. The van der Waals surface area contributed by atoms with Crippen molar-refractivity contribution in [3.63, 3.8) is 0 Å². The number of hydrogen-bond acceptors (Lipinski definition) is 8. The lowest BCUT2D eigenvalue weighted by Gasteiger charge is -2.13. The Morgan fingerprint density at radius 3 is 2.64 bits per heavy atom. The van der Waals surface area contributed by atoms with E-state index in [-0.39, 0.29) is 38.8 Å². The number of rotatable bonds is 8. The van der Waals surface area contributed by atoms with Gasteiger partial charge in [-0.3, -0.25) is 14.5 Å². The first-order valence-electron chi connectivity index (χ1n) is 11.4. The molecule has 202 valence electrons. The van der Waals surface area contributed by atoms with Gasteiger partial charge in [-0.15, -0.1) is 0 Å². The minimum Gasteiger partial charge on any atom is -0.488 e. The zero-order valence-corrected chi connectivity index (χ0v) is 22.5. The van der Waals surface area contributed by atoms with Crippen molar-refractivity contribution in [1.82, 2.24) is 19.9 Å². The molecule has 39 heavy (non-hydrogen) atoms. The number of carbonyl (C=O) groups excluding carboxylic acids is 2. The van der Waals surface area contributed by atoms with E-state index in [4.69, 9.17) is 32.7 Å². The summed E-state index contributed by atoms with van der Waals surface area (Å²) < 4.78 is 40.0. The average molecular weight is 591 g/mol. The number of fused-ring (bicyclic) bond motifs is 1. The molecule has 12 nitrogen and oxygen atoms in total. The van der Waals surface area contributed by atoms with E-state index < -0.39 is 28.1 Å². The Labute approximate surface area is 232 Å². The summed E-state index contributed by atoms with van der Waals surface area (Å²) >= 11 is 12.9. The molecule has 2 aromatic carbocycles. The highest BCUT2D eigenvalue weighted by Crippen LogP contribution is 2.40. The smallest absolute Gasteiger partial charge is 0.407 e. The van der Waals surface area contributed by atoms with Crippen molar-refractivity contribution in [2.24, 2.45) is 7.05 Å². The predicted octanol–water partition coefficient (Wildman–Crippen LogP) is 3.82. The van der Waals surface area contributed by atoms with Crippen molar-refractivity contribution >= 4 is 67.6 Å². The fraction of sp³-hybridized carbons (Fsp3) is 0.167. The van der Waals surface area contributed by atoms with E-state index in [1.165, 1.54) is 42.9 Å². The third-order valence-corrected chi connectivity index (χ3v) is 8.06. The fourth-order valence-corrected chi connectivity index (χ4v) is 5.32. The summed E-state index contributed by atoms with van der Waals surface area (Å²) in [4.78, 5) is 32.0. The Morgan fingerprint density at radius 1 is 1.21 bits per heavy atom. The number of cyclic esters (lactones) is 1. The first kappa shape index (κ1) is 26.5. The highest BCUT2D eigenvalue weighted by molar-refractivity contribution is 7.92. The number of amides is 2. The molecule has 0 bridgehead atoms. The van der Waals surface area contributed by atoms with E-state index in [1.807, 2.05) is 0 Å². The number of alkyl carbamates (subject to hydrolysis) is 1. The van der Waals surface area contributed by atoms with Gasteiger partial charge in [0.05, 0.1) is 28.2 Å². The quantitative estimate of drug-likeness (QED) is 0.280. The molecule has 2 amide bonds. The Hall–Kier alpha value is -4.07. The molecule has 1 unspecified atom stereocenters. The van der Waals surface area contributed by atoms with Crippen LogP contribution in [0.5, 0.6) is 5.75 Å². The van der Waals surface area contributed by atoms with Gasteiger partial charge in [0.2, 0.25) is 0 Å². The first-order valence-corrected chi connectivity index (χ1v) is 13.6. The van der Waals surface area contributed by atoms with E-state index in [2.05, 4.69) is 25.3 Å². The van der Waals surface area contributed by atoms with Crippen molar-refractivity contribution in [1.29, 1.82) is 0 Å². The molecule has 1 aliphatic heterocycles. The normalized spacial score (nSPS) is 15.1. The third kappa shape index (κ3) is 5.55. The first-order chi connectivity index (χ1) is 18.6. The van der Waals surface area contributed by atoms with Gasteiger partial charge in [0, 0.05) is 36.6 Å². The number of benzene rings is 2. The van der Waals surface area contributed by atoms with Crippen molar-refractivity contribution in [3.05, 3.63) is 70.7 Å². The molecule has 0 radical (unpaired) electrons. The number of anilines is 2. The molecule has 3 N–H and O–H groups in total. The van der Waals surface area contributed by atoms with E-state index in [0.29, 0.717) is 23.1 Å². The van der Waals surface area contributed by atoms with E-state index in [1.54, 1.807) is 23.7 Å². The summed E-state index contributed by atoms with van der Waals surface area (Å²) in [6.07, 6.45) is 3.09. The molecule has 0 saturated carbocycles. The second-order valence-corrected chi connectivity index (χ2v) is 10.9. The maximum Gasteiger partial charge on any atom is 0.407 e. The molecule has 15 heteroatoms. The van der Waals surface area contributed by atoms with E-state index in [0.717, 1.165) is 0 Å². The highest BCUT2D eigenvalue weighted by Gasteiger charge is 2.25. The lowest BCUT2D eigenvalue weighted by Crippen LogP contribution is -2.22. The van der Waals surface area contributed by atoms with Crippen LogP contribution in [0.2, 0.25) is 10.0 Å². The Balaban J connectivity index is 1.32. The molecule has 4 aromatic rings. The summed E-state index contributed by atoms with van der Waals surface area (Å²) in [5.41, 5.74) is 1.23. The average Bonchev–Trinajstić information content (AvgIpc) is 3.48. The number of sulfonamides is 1. The number of halogens is 2. The van der Waals surface area contributed by atoms with Crippen LogP contribution in [0.15, 0.2) is 59.9 Å². The van der Waals surface area contributed by atoms with Gasteiger partial charge in [-0.1, -0.05) is 23.2 Å². The molecular weight excluding hydrogens is 571 g/mol. The summed E-state index contributed by atoms with van der Waals surface area (Å²) in [6.45, 7) is 0.379. The van der Waals surface area contributed by atoms with Crippen LogP contribution in [0.1, 0.15) is 10.5 Å². The number of nitrogens with zero attached hydrogens (tertiary/aromatic N) is 3. The Bertz CT molecular complexity index is 1680. The van der Waals surface area contributed by atoms with Crippen LogP contribution in [0.4, 0.5) is 16.3 Å². The minimum absolute atomic E-state index is 0.0205. The summed E-state index contributed by atoms with van der Waals surface area (Å²) in [5.74, 6) is -0.102. The van der Waals surface area contributed by atoms with E-state index >= 15 is 0 Å². The zero-order valence-electron chi connectivity index (χ0n) is 20.1. The van der Waals surface area contributed by atoms with Crippen molar-refractivity contribution in [2.75, 3.05) is 23.2 Å². The molecule has 0 spiro atoms. The third-order valence-electron chi connectivity index (χ3n) is 5.82. The highest BCUT2D eigenvalue weighted by atomic mass is 35.5. The van der Waals surface area contributed by atoms with Gasteiger partial charge in [0.15, 0.2) is 11.9 Å². The Morgan fingerprint density at radius 2 is 1.97 bits per heavy atom. The van der Waals surface area contributed by atoms with Crippen LogP contribution in [-0.2, 0) is 21.8 Å². The van der Waals surface area contributed by atoms with Crippen LogP contribution in [0.3, 0.4) is 0 Å². The second-order valence-electron chi connectivity index (χ2n) is 8.42. The standard InChI is InChI=1S/C24H20Cl2N6O6S/c1-32-17-9-19(37-12-14-10-29-24(34)38-14)22(26)21(25)16(17)8-18(32)23(33)30-13-2-4-15(5-3-13)39(35,36)31-20-11-27-6-7-28-20/h2-9,11,14H,10,12H2,1H3,(H,28,31)(H,29,34)(H,30,33). The van der Waals surface area contributed by atoms with E-state index in [9.17, 15) is 18.0 Å². The molecule has 3 heterocycles. The molecule has 2 aromatic heterocycles. The van der Waals surface area contributed by atoms with Crippen LogP contribution in [0, 0.1) is 0 Å². The molecular formula is C24H20Cl2N6O6S. The molecule has 5 rings (SSSR count). The minimum atomic E-state index is -3.90. The maximum atomic E-state index is 13.1. The molecule has 1 aliphatic rings. The summed E-state index contributed by atoms with van der Waals surface area (Å²) in [6, 6.07) is 8.88. The molecule has 1 atom stereocenters. The van der Waals surface area contributed by atoms with Gasteiger partial charge in [-0.05, 0) is 30.3 Å². The molecule has 1 fully saturated rings. The SMILES string of the molecule is Cn1c(C(=O)Nc2ccc(S(=O)(=O)Nc3cnccn3)cc2)cc2c(Cl)c(Cl)c(OCC3CNC(=O)O3)cc21. The van der Waals surface area contributed by atoms with Crippen LogP contribution in [-0.4, -0.2) is 54.2 Å². The van der Waals surface area contributed by atoms with Crippen LogP contribution >= 0.6 is 23.2 Å². The van der Waals surface area contributed by atoms with Crippen LogP contribution in [0.25, 0.3) is 10.9 Å². The summed E-state index contributed by atoms with van der Waals surface area (Å²) in [5, 5.41) is 6.18.